The van der Waals surface area contributed by atoms with Crippen LogP contribution in [0.5, 0.6) is 5.75 Å². The molecule has 3 unspecified atom stereocenters. The predicted octanol–water partition coefficient (Wildman–Crippen LogP) is 1.87. The molecule has 1 heterocycles. The second kappa shape index (κ2) is 5.65. The van der Waals surface area contributed by atoms with Crippen molar-refractivity contribution in [1.82, 2.24) is 5.32 Å². The smallest absolute Gasteiger partial charge is 0.119 e. The SMILES string of the molecule is CCOc1ccc(C2CS(=O)CC(C)N2)cc1. The number of hydrogen-bond acceptors (Lipinski definition) is 3. The van der Waals surface area contributed by atoms with Crippen LogP contribution in [0.2, 0.25) is 0 Å². The Kier molecular flexibility index (Phi) is 4.18. The van der Waals surface area contributed by atoms with Crippen LogP contribution in [0, 0.1) is 0 Å². The monoisotopic (exact) mass is 253 g/mol. The van der Waals surface area contributed by atoms with E-state index in [-0.39, 0.29) is 6.04 Å². The molecule has 1 aliphatic heterocycles. The molecular formula is C13H19NO2S. The highest BCUT2D eigenvalue weighted by Crippen LogP contribution is 2.21. The average molecular weight is 253 g/mol. The molecule has 0 saturated carbocycles. The summed E-state index contributed by atoms with van der Waals surface area (Å²) in [4.78, 5) is 0. The van der Waals surface area contributed by atoms with Crippen LogP contribution in [-0.2, 0) is 10.8 Å². The van der Waals surface area contributed by atoms with Crippen LogP contribution < -0.4 is 10.1 Å². The fourth-order valence-electron chi connectivity index (χ4n) is 2.13. The molecule has 0 amide bonds. The van der Waals surface area contributed by atoms with Crippen molar-refractivity contribution in [3.05, 3.63) is 29.8 Å². The molecule has 1 aromatic carbocycles. The molecule has 3 atom stereocenters. The lowest BCUT2D eigenvalue weighted by atomic mass is 10.1. The highest BCUT2D eigenvalue weighted by molar-refractivity contribution is 7.85. The number of ether oxygens (including phenoxy) is 1. The molecule has 1 fully saturated rings. The minimum atomic E-state index is -0.703. The summed E-state index contributed by atoms with van der Waals surface area (Å²) >= 11 is 0. The van der Waals surface area contributed by atoms with Crippen LogP contribution in [0.25, 0.3) is 0 Å². The minimum Gasteiger partial charge on any atom is -0.494 e. The Morgan fingerprint density at radius 3 is 2.65 bits per heavy atom. The fraction of sp³-hybridized carbons (Fsp3) is 0.538. The van der Waals surface area contributed by atoms with E-state index in [0.717, 1.165) is 11.5 Å². The van der Waals surface area contributed by atoms with Crippen LogP contribution >= 0.6 is 0 Å². The lowest BCUT2D eigenvalue weighted by Gasteiger charge is -2.28. The summed E-state index contributed by atoms with van der Waals surface area (Å²) < 4.78 is 17.1. The standard InChI is InChI=1S/C13H19NO2S/c1-3-16-12-6-4-11(5-7-12)13-9-17(15)8-10(2)14-13/h4-7,10,13-14H,3,8-9H2,1-2H3. The molecule has 1 N–H and O–H groups in total. The van der Waals surface area contributed by atoms with Crippen molar-refractivity contribution in [2.45, 2.75) is 25.9 Å². The van der Waals surface area contributed by atoms with E-state index in [1.165, 1.54) is 5.56 Å². The van der Waals surface area contributed by atoms with Crippen molar-refractivity contribution in [2.24, 2.45) is 0 Å². The number of rotatable bonds is 3. The van der Waals surface area contributed by atoms with E-state index >= 15 is 0 Å². The third-order valence-electron chi connectivity index (χ3n) is 2.87. The van der Waals surface area contributed by atoms with Gasteiger partial charge in [0.05, 0.1) is 6.61 Å². The van der Waals surface area contributed by atoms with Gasteiger partial charge in [-0.1, -0.05) is 12.1 Å². The number of benzene rings is 1. The largest absolute Gasteiger partial charge is 0.494 e. The van der Waals surface area contributed by atoms with Gasteiger partial charge in [0.25, 0.3) is 0 Å². The summed E-state index contributed by atoms with van der Waals surface area (Å²) in [5.41, 5.74) is 1.19. The first kappa shape index (κ1) is 12.6. The van der Waals surface area contributed by atoms with Crippen LogP contribution in [0.1, 0.15) is 25.5 Å². The van der Waals surface area contributed by atoms with Crippen molar-refractivity contribution in [3.8, 4) is 5.75 Å². The van der Waals surface area contributed by atoms with Crippen LogP contribution in [-0.4, -0.2) is 28.4 Å². The van der Waals surface area contributed by atoms with Gasteiger partial charge in [-0.3, -0.25) is 4.21 Å². The maximum absolute atomic E-state index is 11.7. The maximum atomic E-state index is 11.7. The van der Waals surface area contributed by atoms with Crippen LogP contribution in [0.3, 0.4) is 0 Å². The maximum Gasteiger partial charge on any atom is 0.119 e. The highest BCUT2D eigenvalue weighted by atomic mass is 32.2. The first-order valence-corrected chi connectivity index (χ1v) is 7.51. The Bertz CT molecular complexity index is 391. The average Bonchev–Trinajstić information content (AvgIpc) is 2.29. The van der Waals surface area contributed by atoms with E-state index in [2.05, 4.69) is 24.4 Å². The van der Waals surface area contributed by atoms with Crippen LogP contribution in [0.15, 0.2) is 24.3 Å². The van der Waals surface area contributed by atoms with Gasteiger partial charge in [-0.05, 0) is 31.5 Å². The molecule has 0 aromatic heterocycles. The molecule has 0 aliphatic carbocycles. The minimum absolute atomic E-state index is 0.204. The van der Waals surface area contributed by atoms with Gasteiger partial charge in [-0.25, -0.2) is 0 Å². The molecule has 3 nitrogen and oxygen atoms in total. The zero-order valence-corrected chi connectivity index (χ0v) is 11.1. The van der Waals surface area contributed by atoms with E-state index in [1.54, 1.807) is 0 Å². The summed E-state index contributed by atoms with van der Waals surface area (Å²) in [6.07, 6.45) is 0. The van der Waals surface area contributed by atoms with Gasteiger partial charge in [-0.15, -0.1) is 0 Å². The van der Waals surface area contributed by atoms with Crippen molar-refractivity contribution in [3.63, 3.8) is 0 Å². The van der Waals surface area contributed by atoms with E-state index < -0.39 is 10.8 Å². The summed E-state index contributed by atoms with van der Waals surface area (Å²) in [5, 5.41) is 3.48. The number of nitrogens with one attached hydrogen (secondary N) is 1. The van der Waals surface area contributed by atoms with Gasteiger partial charge in [0.2, 0.25) is 0 Å². The topological polar surface area (TPSA) is 38.3 Å². The van der Waals surface area contributed by atoms with Crippen molar-refractivity contribution < 1.29 is 8.95 Å². The first-order valence-electron chi connectivity index (χ1n) is 6.03. The molecule has 2 rings (SSSR count). The molecule has 1 saturated heterocycles. The van der Waals surface area contributed by atoms with E-state index in [0.29, 0.717) is 18.4 Å². The third kappa shape index (κ3) is 3.30. The second-order valence-corrected chi connectivity index (χ2v) is 5.94. The van der Waals surface area contributed by atoms with Gasteiger partial charge in [0.1, 0.15) is 5.75 Å². The Hall–Kier alpha value is -0.870. The molecule has 17 heavy (non-hydrogen) atoms. The third-order valence-corrected chi connectivity index (χ3v) is 4.44. The van der Waals surface area contributed by atoms with Gasteiger partial charge in [-0.2, -0.15) is 0 Å². The fourth-order valence-corrected chi connectivity index (χ4v) is 3.58. The van der Waals surface area contributed by atoms with Gasteiger partial charge in [0, 0.05) is 34.4 Å². The van der Waals surface area contributed by atoms with Gasteiger partial charge < -0.3 is 10.1 Å². The van der Waals surface area contributed by atoms with Crippen molar-refractivity contribution in [2.75, 3.05) is 18.1 Å². The summed E-state index contributed by atoms with van der Waals surface area (Å²) in [7, 11) is -0.703. The van der Waals surface area contributed by atoms with E-state index in [1.807, 2.05) is 19.1 Å². The van der Waals surface area contributed by atoms with Crippen molar-refractivity contribution >= 4 is 10.8 Å². The van der Waals surface area contributed by atoms with Crippen LogP contribution in [0.4, 0.5) is 0 Å². The lowest BCUT2D eigenvalue weighted by Crippen LogP contribution is -2.43. The Labute approximate surface area is 105 Å². The Morgan fingerprint density at radius 1 is 1.35 bits per heavy atom. The normalized spacial score (nSPS) is 28.9. The molecule has 1 aliphatic rings. The zero-order chi connectivity index (χ0) is 12.3. The summed E-state index contributed by atoms with van der Waals surface area (Å²) in [5.74, 6) is 2.35. The predicted molar refractivity (Wildman–Crippen MR) is 70.8 cm³/mol. The molecule has 94 valence electrons. The van der Waals surface area contributed by atoms with Crippen molar-refractivity contribution in [1.29, 1.82) is 0 Å². The van der Waals surface area contributed by atoms with Gasteiger partial charge >= 0.3 is 0 Å². The molecule has 1 aromatic rings. The molecule has 0 bridgehead atoms. The Morgan fingerprint density at radius 2 is 2.06 bits per heavy atom. The molecule has 4 heteroatoms. The van der Waals surface area contributed by atoms with E-state index in [4.69, 9.17) is 4.74 Å². The summed E-state index contributed by atoms with van der Waals surface area (Å²) in [6.45, 7) is 4.74. The quantitative estimate of drug-likeness (QED) is 0.893. The molecule has 0 spiro atoms. The highest BCUT2D eigenvalue weighted by Gasteiger charge is 2.23. The van der Waals surface area contributed by atoms with Gasteiger partial charge in [0.15, 0.2) is 0 Å². The van der Waals surface area contributed by atoms with E-state index in [9.17, 15) is 4.21 Å². The second-order valence-electron chi connectivity index (χ2n) is 4.40. The lowest BCUT2D eigenvalue weighted by molar-refractivity contribution is 0.340. The molecular weight excluding hydrogens is 234 g/mol. The Balaban J connectivity index is 2.08. The molecule has 0 radical (unpaired) electrons. The number of hydrogen-bond donors (Lipinski definition) is 1. The first-order chi connectivity index (χ1) is 8.19. The zero-order valence-electron chi connectivity index (χ0n) is 10.3. The summed E-state index contributed by atoms with van der Waals surface area (Å²) in [6, 6.07) is 8.58.